The quantitative estimate of drug-likeness (QED) is 0.865. The minimum atomic E-state index is -3.16. The first-order valence-corrected chi connectivity index (χ1v) is 8.50. The molecule has 1 fully saturated rings. The number of fused-ring (bicyclic) bond motifs is 1. The number of benzene rings is 1. The van der Waals surface area contributed by atoms with Gasteiger partial charge < -0.3 is 10.6 Å². The maximum Gasteiger partial charge on any atom is 0.227 e. The molecule has 1 amide bonds. The number of carbonyl (C=O) groups is 1. The summed E-state index contributed by atoms with van der Waals surface area (Å²) in [6.45, 7) is 3.64. The molecule has 108 valence electrons. The van der Waals surface area contributed by atoms with Crippen molar-refractivity contribution in [3.05, 3.63) is 23.8 Å². The van der Waals surface area contributed by atoms with Crippen LogP contribution in [-0.2, 0) is 21.1 Å². The summed E-state index contributed by atoms with van der Waals surface area (Å²) < 4.78 is 23.7. The van der Waals surface area contributed by atoms with Crippen molar-refractivity contribution >= 4 is 21.4 Å². The van der Waals surface area contributed by atoms with Gasteiger partial charge in [0.2, 0.25) is 5.91 Å². The van der Waals surface area contributed by atoms with Crippen LogP contribution in [0.1, 0.15) is 12.5 Å². The highest BCUT2D eigenvalue weighted by atomic mass is 32.2. The van der Waals surface area contributed by atoms with Crippen LogP contribution in [0.2, 0.25) is 0 Å². The largest absolute Gasteiger partial charge is 0.326 e. The van der Waals surface area contributed by atoms with Gasteiger partial charge >= 0.3 is 0 Å². The van der Waals surface area contributed by atoms with Gasteiger partial charge in [0.05, 0.1) is 10.6 Å². The fourth-order valence-electron chi connectivity index (χ4n) is 2.62. The van der Waals surface area contributed by atoms with E-state index in [-0.39, 0.29) is 17.6 Å². The number of hydrogen-bond donors (Lipinski definition) is 2. The van der Waals surface area contributed by atoms with Crippen molar-refractivity contribution in [1.82, 2.24) is 5.32 Å². The third-order valence-electron chi connectivity index (χ3n) is 4.24. The van der Waals surface area contributed by atoms with E-state index in [0.717, 1.165) is 18.7 Å². The van der Waals surface area contributed by atoms with Crippen LogP contribution in [0, 0.1) is 11.8 Å². The van der Waals surface area contributed by atoms with Crippen molar-refractivity contribution in [3.8, 4) is 0 Å². The fourth-order valence-corrected chi connectivity index (χ4v) is 4.20. The summed E-state index contributed by atoms with van der Waals surface area (Å²) in [6.07, 6.45) is 0.566. The van der Waals surface area contributed by atoms with Gasteiger partial charge in [0.15, 0.2) is 9.84 Å². The Balaban J connectivity index is 1.77. The van der Waals surface area contributed by atoms with E-state index in [1.807, 2.05) is 6.92 Å². The highest BCUT2D eigenvalue weighted by molar-refractivity contribution is 7.91. The second-order valence-corrected chi connectivity index (χ2v) is 7.67. The van der Waals surface area contributed by atoms with E-state index in [1.54, 1.807) is 18.2 Å². The first-order chi connectivity index (χ1) is 9.47. The normalized spacial score (nSPS) is 21.9. The Morgan fingerprint density at radius 3 is 2.80 bits per heavy atom. The van der Waals surface area contributed by atoms with Gasteiger partial charge in [-0.2, -0.15) is 0 Å². The lowest BCUT2D eigenvalue weighted by atomic mass is 9.88. The van der Waals surface area contributed by atoms with Crippen LogP contribution in [0.25, 0.3) is 0 Å². The van der Waals surface area contributed by atoms with Gasteiger partial charge in [-0.25, -0.2) is 8.42 Å². The van der Waals surface area contributed by atoms with E-state index < -0.39 is 9.84 Å². The average molecular weight is 294 g/mol. The Bertz CT molecular complexity index is 650. The maximum atomic E-state index is 12.1. The molecule has 3 rings (SSSR count). The van der Waals surface area contributed by atoms with Crippen LogP contribution in [0.5, 0.6) is 0 Å². The zero-order valence-corrected chi connectivity index (χ0v) is 12.2. The first kappa shape index (κ1) is 13.6. The summed E-state index contributed by atoms with van der Waals surface area (Å²) in [5.41, 5.74) is 1.41. The number of amides is 1. The van der Waals surface area contributed by atoms with Gasteiger partial charge in [0, 0.05) is 11.6 Å². The molecule has 1 saturated heterocycles. The first-order valence-electron chi connectivity index (χ1n) is 6.84. The Hall–Kier alpha value is -1.40. The molecule has 0 spiro atoms. The fraction of sp³-hybridized carbons (Fsp3) is 0.500. The van der Waals surface area contributed by atoms with Gasteiger partial charge in [-0.3, -0.25) is 4.79 Å². The molecule has 0 aromatic heterocycles. The number of sulfone groups is 1. The molecule has 6 heteroatoms. The number of hydrogen-bond acceptors (Lipinski definition) is 4. The SMILES string of the molecule is CC(C(=O)Nc1ccc2c(c1)S(=O)(=O)CC2)C1CNC1. The number of anilines is 1. The van der Waals surface area contributed by atoms with Crippen molar-refractivity contribution in [2.24, 2.45) is 11.8 Å². The van der Waals surface area contributed by atoms with Gasteiger partial charge in [0.1, 0.15) is 0 Å². The molecule has 1 atom stereocenters. The summed E-state index contributed by atoms with van der Waals surface area (Å²) >= 11 is 0. The Morgan fingerprint density at radius 2 is 2.15 bits per heavy atom. The molecule has 0 bridgehead atoms. The lowest BCUT2D eigenvalue weighted by molar-refractivity contribution is -0.121. The van der Waals surface area contributed by atoms with Gasteiger partial charge in [-0.1, -0.05) is 13.0 Å². The molecule has 2 aliphatic rings. The van der Waals surface area contributed by atoms with E-state index >= 15 is 0 Å². The predicted molar refractivity (Wildman–Crippen MR) is 76.4 cm³/mol. The monoisotopic (exact) mass is 294 g/mol. The second kappa shape index (κ2) is 4.86. The lowest BCUT2D eigenvalue weighted by Crippen LogP contribution is -2.48. The van der Waals surface area contributed by atoms with Crippen LogP contribution in [0.15, 0.2) is 23.1 Å². The highest BCUT2D eigenvalue weighted by Gasteiger charge is 2.30. The topological polar surface area (TPSA) is 75.3 Å². The molecule has 0 saturated carbocycles. The third kappa shape index (κ3) is 2.33. The van der Waals surface area contributed by atoms with Crippen LogP contribution in [-0.4, -0.2) is 33.2 Å². The van der Waals surface area contributed by atoms with Gasteiger partial charge in [-0.15, -0.1) is 0 Å². The zero-order valence-electron chi connectivity index (χ0n) is 11.3. The number of rotatable bonds is 3. The van der Waals surface area contributed by atoms with Gasteiger partial charge in [-0.05, 0) is 43.1 Å². The van der Waals surface area contributed by atoms with Crippen molar-refractivity contribution in [2.75, 3.05) is 24.2 Å². The molecule has 20 heavy (non-hydrogen) atoms. The summed E-state index contributed by atoms with van der Waals surface area (Å²) in [5, 5.41) is 5.97. The molecule has 1 aromatic rings. The maximum absolute atomic E-state index is 12.1. The third-order valence-corrected chi connectivity index (χ3v) is 6.04. The Kier molecular flexibility index (Phi) is 3.30. The number of aryl methyl sites for hydroxylation is 1. The summed E-state index contributed by atoms with van der Waals surface area (Å²) in [4.78, 5) is 12.5. The zero-order chi connectivity index (χ0) is 14.3. The summed E-state index contributed by atoms with van der Waals surface area (Å²) in [7, 11) is -3.16. The second-order valence-electron chi connectivity index (χ2n) is 5.59. The molecule has 1 unspecified atom stereocenters. The Morgan fingerprint density at radius 1 is 1.40 bits per heavy atom. The molecule has 1 aromatic carbocycles. The van der Waals surface area contributed by atoms with E-state index in [2.05, 4.69) is 10.6 Å². The smallest absolute Gasteiger partial charge is 0.227 e. The standard InChI is InChI=1S/C14H18N2O3S/c1-9(11-7-15-8-11)14(17)16-12-3-2-10-4-5-20(18,19)13(10)6-12/h2-3,6,9,11,15H,4-5,7-8H2,1H3,(H,16,17). The number of nitrogens with one attached hydrogen (secondary N) is 2. The predicted octanol–water partition coefficient (Wildman–Crippen LogP) is 0.810. The van der Waals surface area contributed by atoms with Crippen molar-refractivity contribution < 1.29 is 13.2 Å². The highest BCUT2D eigenvalue weighted by Crippen LogP contribution is 2.29. The van der Waals surface area contributed by atoms with Crippen molar-refractivity contribution in [3.63, 3.8) is 0 Å². The van der Waals surface area contributed by atoms with Gasteiger partial charge in [0.25, 0.3) is 0 Å². The van der Waals surface area contributed by atoms with Crippen LogP contribution < -0.4 is 10.6 Å². The van der Waals surface area contributed by atoms with Crippen LogP contribution in [0.4, 0.5) is 5.69 Å². The average Bonchev–Trinajstić information content (AvgIpc) is 2.63. The van der Waals surface area contributed by atoms with E-state index in [1.165, 1.54) is 0 Å². The van der Waals surface area contributed by atoms with E-state index in [4.69, 9.17) is 0 Å². The van der Waals surface area contributed by atoms with Crippen molar-refractivity contribution in [1.29, 1.82) is 0 Å². The number of carbonyl (C=O) groups excluding carboxylic acids is 1. The summed E-state index contributed by atoms with van der Waals surface area (Å²) in [6, 6.07) is 5.16. The van der Waals surface area contributed by atoms with Crippen LogP contribution >= 0.6 is 0 Å². The molecule has 0 aliphatic carbocycles. The molecule has 2 N–H and O–H groups in total. The van der Waals surface area contributed by atoms with Crippen molar-refractivity contribution in [2.45, 2.75) is 18.2 Å². The molecular formula is C14H18N2O3S. The minimum absolute atomic E-state index is 0.0492. The molecular weight excluding hydrogens is 276 g/mol. The molecule has 0 radical (unpaired) electrons. The summed E-state index contributed by atoms with van der Waals surface area (Å²) in [5.74, 6) is 0.422. The molecule has 2 aliphatic heterocycles. The molecule has 5 nitrogen and oxygen atoms in total. The minimum Gasteiger partial charge on any atom is -0.326 e. The lowest BCUT2D eigenvalue weighted by Gasteiger charge is -2.31. The van der Waals surface area contributed by atoms with E-state index in [0.29, 0.717) is 22.9 Å². The van der Waals surface area contributed by atoms with E-state index in [9.17, 15) is 13.2 Å². The van der Waals surface area contributed by atoms with Crippen LogP contribution in [0.3, 0.4) is 0 Å². The Labute approximate surface area is 118 Å². The molecule has 2 heterocycles.